The number of pyridine rings is 1. The van der Waals surface area contributed by atoms with Crippen molar-refractivity contribution in [1.82, 2.24) is 15.2 Å². The predicted octanol–water partition coefficient (Wildman–Crippen LogP) is 3.74. The number of hydrogen-bond donors (Lipinski definition) is 1. The van der Waals surface area contributed by atoms with E-state index < -0.39 is 0 Å². The summed E-state index contributed by atoms with van der Waals surface area (Å²) in [4.78, 5) is 22.0. The molecule has 0 aliphatic carbocycles. The molecule has 0 spiro atoms. The second-order valence-electron chi connectivity index (χ2n) is 7.42. The molecule has 2 saturated heterocycles. The van der Waals surface area contributed by atoms with Gasteiger partial charge >= 0.3 is 0 Å². The SMILES string of the molecule is CN1CCN(c2ccc(-c3coc4ccc(/C=C5\SC(=S)NC5=O)nc34)cc2)CC1. The van der Waals surface area contributed by atoms with Crippen molar-refractivity contribution in [2.75, 3.05) is 38.1 Å². The maximum absolute atomic E-state index is 11.9. The summed E-state index contributed by atoms with van der Waals surface area (Å²) in [5.41, 5.74) is 5.42. The molecule has 1 N–H and O–H groups in total. The molecule has 0 atom stereocenters. The number of thiocarbonyl (C=S) groups is 1. The van der Waals surface area contributed by atoms with Crippen molar-refractivity contribution in [1.29, 1.82) is 0 Å². The molecule has 0 unspecified atom stereocenters. The normalized spacial score (nSPS) is 19.1. The molecule has 0 saturated carbocycles. The van der Waals surface area contributed by atoms with Gasteiger partial charge in [0.25, 0.3) is 5.91 Å². The van der Waals surface area contributed by atoms with Gasteiger partial charge in [0, 0.05) is 37.4 Å². The second kappa shape index (κ2) is 7.86. The molecule has 0 radical (unpaired) electrons. The van der Waals surface area contributed by atoms with E-state index >= 15 is 0 Å². The third-order valence-corrected chi connectivity index (χ3v) is 6.57. The number of hydrogen-bond acceptors (Lipinski definition) is 7. The Morgan fingerprint density at radius 3 is 2.60 bits per heavy atom. The third-order valence-electron chi connectivity index (χ3n) is 5.41. The number of piperazine rings is 1. The first-order chi connectivity index (χ1) is 14.6. The van der Waals surface area contributed by atoms with Gasteiger partial charge in [0.15, 0.2) is 5.58 Å². The number of benzene rings is 1. The van der Waals surface area contributed by atoms with E-state index in [1.807, 2.05) is 12.1 Å². The minimum absolute atomic E-state index is 0.182. The van der Waals surface area contributed by atoms with Crippen molar-refractivity contribution >= 4 is 57.1 Å². The van der Waals surface area contributed by atoms with Crippen LogP contribution in [0.1, 0.15) is 5.69 Å². The van der Waals surface area contributed by atoms with E-state index in [9.17, 15) is 4.79 Å². The molecule has 3 aromatic rings. The van der Waals surface area contributed by atoms with Gasteiger partial charge < -0.3 is 19.5 Å². The Morgan fingerprint density at radius 1 is 1.13 bits per heavy atom. The van der Waals surface area contributed by atoms with E-state index in [0.29, 0.717) is 20.5 Å². The number of amides is 1. The zero-order valence-electron chi connectivity index (χ0n) is 16.4. The smallest absolute Gasteiger partial charge is 0.263 e. The fourth-order valence-electron chi connectivity index (χ4n) is 3.68. The van der Waals surface area contributed by atoms with Crippen molar-refractivity contribution in [2.45, 2.75) is 0 Å². The van der Waals surface area contributed by atoms with Gasteiger partial charge in [0.05, 0.1) is 10.6 Å². The van der Waals surface area contributed by atoms with Crippen LogP contribution in [0.15, 0.2) is 52.0 Å². The largest absolute Gasteiger partial charge is 0.462 e. The minimum Gasteiger partial charge on any atom is -0.462 e. The molecule has 8 heteroatoms. The first-order valence-corrected chi connectivity index (χ1v) is 11.0. The van der Waals surface area contributed by atoms with Crippen molar-refractivity contribution < 1.29 is 9.21 Å². The number of fused-ring (bicyclic) bond motifs is 1. The fraction of sp³-hybridized carbons (Fsp3) is 0.227. The van der Waals surface area contributed by atoms with Gasteiger partial charge in [0.1, 0.15) is 16.1 Å². The Kier molecular flexibility index (Phi) is 5.06. The van der Waals surface area contributed by atoms with E-state index in [4.69, 9.17) is 21.6 Å². The number of rotatable bonds is 3. The molecule has 4 heterocycles. The van der Waals surface area contributed by atoms with Crippen LogP contribution in [-0.4, -0.2) is 53.3 Å². The lowest BCUT2D eigenvalue weighted by molar-refractivity contribution is -0.115. The zero-order chi connectivity index (χ0) is 20.7. The summed E-state index contributed by atoms with van der Waals surface area (Å²) in [6, 6.07) is 12.3. The quantitative estimate of drug-likeness (QED) is 0.496. The molecule has 0 bridgehead atoms. The lowest BCUT2D eigenvalue weighted by atomic mass is 10.1. The predicted molar refractivity (Wildman–Crippen MR) is 125 cm³/mol. The molecule has 2 aromatic heterocycles. The van der Waals surface area contributed by atoms with E-state index in [1.54, 1.807) is 12.3 Å². The summed E-state index contributed by atoms with van der Waals surface area (Å²) in [6.45, 7) is 4.24. The standard InChI is InChI=1S/C22H20N4O2S2/c1-25-8-10-26(11-9-25)16-5-2-14(3-6-16)17-13-28-18-7-4-15(23-20(17)18)12-19-21(27)24-22(29)30-19/h2-7,12-13H,8-11H2,1H3,(H,24,27,29)/b19-12-. The number of anilines is 1. The average molecular weight is 437 g/mol. The van der Waals surface area contributed by atoms with Gasteiger partial charge in [0.2, 0.25) is 0 Å². The van der Waals surface area contributed by atoms with Crippen LogP contribution in [0.3, 0.4) is 0 Å². The van der Waals surface area contributed by atoms with Crippen LogP contribution in [0.2, 0.25) is 0 Å². The highest BCUT2D eigenvalue weighted by molar-refractivity contribution is 8.26. The number of carbonyl (C=O) groups excluding carboxylic acids is 1. The molecule has 6 nitrogen and oxygen atoms in total. The van der Waals surface area contributed by atoms with Crippen molar-refractivity contribution in [3.05, 3.63) is 53.3 Å². The maximum atomic E-state index is 11.9. The molecular weight excluding hydrogens is 416 g/mol. The van der Waals surface area contributed by atoms with E-state index in [2.05, 4.69) is 46.4 Å². The number of carbonyl (C=O) groups is 1. The van der Waals surface area contributed by atoms with Crippen molar-refractivity contribution in [3.63, 3.8) is 0 Å². The summed E-state index contributed by atoms with van der Waals surface area (Å²) >= 11 is 6.30. The molecule has 2 fully saturated rings. The number of nitrogens with zero attached hydrogens (tertiary/aromatic N) is 3. The maximum Gasteiger partial charge on any atom is 0.263 e. The number of aromatic nitrogens is 1. The molecule has 1 aromatic carbocycles. The van der Waals surface area contributed by atoms with Crippen molar-refractivity contribution in [2.24, 2.45) is 0 Å². The van der Waals surface area contributed by atoms with E-state index in [1.165, 1.54) is 17.4 Å². The Morgan fingerprint density at radius 2 is 1.90 bits per heavy atom. The van der Waals surface area contributed by atoms with Crippen LogP contribution in [0.25, 0.3) is 28.3 Å². The van der Waals surface area contributed by atoms with Crippen molar-refractivity contribution in [3.8, 4) is 11.1 Å². The highest BCUT2D eigenvalue weighted by atomic mass is 32.2. The Labute approximate surface area is 183 Å². The molecule has 5 rings (SSSR count). The lowest BCUT2D eigenvalue weighted by Gasteiger charge is -2.34. The van der Waals surface area contributed by atoms with Gasteiger partial charge in [-0.2, -0.15) is 0 Å². The van der Waals surface area contributed by atoms with Crippen LogP contribution in [0.4, 0.5) is 5.69 Å². The summed E-state index contributed by atoms with van der Waals surface area (Å²) < 4.78 is 6.19. The number of nitrogens with one attached hydrogen (secondary N) is 1. The van der Waals surface area contributed by atoms with Crippen LogP contribution in [0.5, 0.6) is 0 Å². The topological polar surface area (TPSA) is 61.6 Å². The lowest BCUT2D eigenvalue weighted by Crippen LogP contribution is -2.44. The van der Waals surface area contributed by atoms with E-state index in [0.717, 1.165) is 42.8 Å². The monoisotopic (exact) mass is 436 g/mol. The molecule has 2 aliphatic heterocycles. The number of likely N-dealkylation sites (N-methyl/N-ethyl adjacent to an activating group) is 1. The molecule has 2 aliphatic rings. The van der Waals surface area contributed by atoms with Gasteiger partial charge in [-0.1, -0.05) is 36.1 Å². The van der Waals surface area contributed by atoms with Crippen LogP contribution in [-0.2, 0) is 4.79 Å². The third kappa shape index (κ3) is 3.74. The zero-order valence-corrected chi connectivity index (χ0v) is 18.1. The minimum atomic E-state index is -0.182. The molecule has 1 amide bonds. The highest BCUT2D eigenvalue weighted by Gasteiger charge is 2.22. The fourth-order valence-corrected chi connectivity index (χ4v) is 4.71. The molecular formula is C22H20N4O2S2. The summed E-state index contributed by atoms with van der Waals surface area (Å²) in [7, 11) is 2.16. The Hall–Kier alpha value is -2.68. The van der Waals surface area contributed by atoms with Gasteiger partial charge in [-0.15, -0.1) is 0 Å². The first kappa shape index (κ1) is 19.3. The summed E-state index contributed by atoms with van der Waals surface area (Å²) in [5, 5.41) is 2.63. The highest BCUT2D eigenvalue weighted by Crippen LogP contribution is 2.32. The van der Waals surface area contributed by atoms with E-state index in [-0.39, 0.29) is 5.91 Å². The van der Waals surface area contributed by atoms with Crippen LogP contribution >= 0.6 is 24.0 Å². The Balaban J connectivity index is 1.44. The van der Waals surface area contributed by atoms with Gasteiger partial charge in [-0.25, -0.2) is 4.98 Å². The molecule has 30 heavy (non-hydrogen) atoms. The average Bonchev–Trinajstić information content (AvgIpc) is 3.31. The van der Waals surface area contributed by atoms with Crippen LogP contribution in [0, 0.1) is 0 Å². The molecule has 152 valence electrons. The van der Waals surface area contributed by atoms with Gasteiger partial charge in [-0.05, 0) is 43.0 Å². The van der Waals surface area contributed by atoms with Gasteiger partial charge in [-0.3, -0.25) is 4.79 Å². The second-order valence-corrected chi connectivity index (χ2v) is 9.14. The number of thioether (sulfide) groups is 1. The van der Waals surface area contributed by atoms with Crippen LogP contribution < -0.4 is 10.2 Å². The summed E-state index contributed by atoms with van der Waals surface area (Å²) in [5.74, 6) is -0.182. The number of furan rings is 1. The Bertz CT molecular complexity index is 1160. The first-order valence-electron chi connectivity index (χ1n) is 9.74. The summed E-state index contributed by atoms with van der Waals surface area (Å²) in [6.07, 6.45) is 3.50.